The van der Waals surface area contributed by atoms with E-state index in [1.807, 2.05) is 37.3 Å². The normalized spacial score (nSPS) is 12.6. The van der Waals surface area contributed by atoms with Crippen LogP contribution in [0.2, 0.25) is 0 Å². The van der Waals surface area contributed by atoms with Gasteiger partial charge >= 0.3 is 5.97 Å². The Balaban J connectivity index is 2.45. The van der Waals surface area contributed by atoms with Crippen molar-refractivity contribution in [3.63, 3.8) is 0 Å². The molecule has 2 amide bonds. The fourth-order valence-corrected chi connectivity index (χ4v) is 2.32. The van der Waals surface area contributed by atoms with Crippen LogP contribution in [-0.4, -0.2) is 30.9 Å². The number of nitrogens with one attached hydrogen (secondary N) is 2. The first-order valence-electron chi connectivity index (χ1n) is 8.19. The first-order valence-corrected chi connectivity index (χ1v) is 8.19. The van der Waals surface area contributed by atoms with Crippen molar-refractivity contribution >= 4 is 17.8 Å². The van der Waals surface area contributed by atoms with Gasteiger partial charge in [0, 0.05) is 12.8 Å². The maximum Gasteiger partial charge on any atom is 0.328 e. The summed E-state index contributed by atoms with van der Waals surface area (Å²) in [6.45, 7) is 7.38. The molecule has 1 aromatic rings. The molecular formula is C19H26N2O4. The third-order valence-corrected chi connectivity index (χ3v) is 3.63. The number of methoxy groups -OCH3 is 1. The Bertz CT molecular complexity index is 613. The molecular weight excluding hydrogens is 320 g/mol. The molecule has 6 nitrogen and oxygen atoms in total. The molecule has 0 aliphatic heterocycles. The van der Waals surface area contributed by atoms with Gasteiger partial charge in [-0.25, -0.2) is 4.79 Å². The van der Waals surface area contributed by atoms with E-state index in [0.717, 1.165) is 11.1 Å². The van der Waals surface area contributed by atoms with Crippen LogP contribution in [0.4, 0.5) is 0 Å². The van der Waals surface area contributed by atoms with Crippen molar-refractivity contribution in [2.45, 2.75) is 45.2 Å². The summed E-state index contributed by atoms with van der Waals surface area (Å²) in [5.41, 5.74) is 1.75. The van der Waals surface area contributed by atoms with Crippen LogP contribution in [-0.2, 0) is 19.1 Å². The van der Waals surface area contributed by atoms with Gasteiger partial charge in [-0.15, -0.1) is 6.58 Å². The molecule has 0 radical (unpaired) electrons. The third kappa shape index (κ3) is 7.65. The molecule has 0 spiro atoms. The number of amides is 2. The van der Waals surface area contributed by atoms with Crippen LogP contribution in [0, 0.1) is 0 Å². The van der Waals surface area contributed by atoms with E-state index in [2.05, 4.69) is 21.9 Å². The van der Waals surface area contributed by atoms with Gasteiger partial charge in [-0.1, -0.05) is 35.9 Å². The summed E-state index contributed by atoms with van der Waals surface area (Å²) in [7, 11) is 1.26. The summed E-state index contributed by atoms with van der Waals surface area (Å²) >= 11 is 0. The lowest BCUT2D eigenvalue weighted by Crippen LogP contribution is -2.42. The van der Waals surface area contributed by atoms with Crippen LogP contribution in [0.3, 0.4) is 0 Å². The first-order chi connectivity index (χ1) is 11.8. The molecule has 1 rings (SSSR count). The largest absolute Gasteiger partial charge is 0.467 e. The Morgan fingerprint density at radius 3 is 2.16 bits per heavy atom. The van der Waals surface area contributed by atoms with E-state index in [0.29, 0.717) is 6.42 Å². The Morgan fingerprint density at radius 2 is 1.64 bits per heavy atom. The van der Waals surface area contributed by atoms with Gasteiger partial charge in [0.2, 0.25) is 11.8 Å². The topological polar surface area (TPSA) is 84.5 Å². The minimum atomic E-state index is -0.777. The van der Waals surface area contributed by atoms with Gasteiger partial charge in [-0.3, -0.25) is 9.59 Å². The summed E-state index contributed by atoms with van der Waals surface area (Å²) in [5.74, 6) is -1.13. The van der Waals surface area contributed by atoms with Crippen molar-refractivity contribution in [1.82, 2.24) is 10.6 Å². The molecule has 136 valence electrons. The highest BCUT2D eigenvalue weighted by Crippen LogP contribution is 2.11. The van der Waals surface area contributed by atoms with Gasteiger partial charge in [0.15, 0.2) is 0 Å². The second-order valence-electron chi connectivity index (χ2n) is 6.00. The van der Waals surface area contributed by atoms with Gasteiger partial charge in [0.1, 0.15) is 6.04 Å². The van der Waals surface area contributed by atoms with E-state index in [1.54, 1.807) is 6.92 Å². The Morgan fingerprint density at radius 1 is 1.08 bits per heavy atom. The van der Waals surface area contributed by atoms with Gasteiger partial charge < -0.3 is 15.4 Å². The summed E-state index contributed by atoms with van der Waals surface area (Å²) in [6.07, 6.45) is 0.344. The molecule has 0 aliphatic carbocycles. The smallest absolute Gasteiger partial charge is 0.328 e. The Hall–Kier alpha value is -2.63. The van der Waals surface area contributed by atoms with E-state index in [1.165, 1.54) is 7.11 Å². The highest BCUT2D eigenvalue weighted by Gasteiger charge is 2.21. The van der Waals surface area contributed by atoms with Crippen LogP contribution in [0.15, 0.2) is 42.5 Å². The number of benzene rings is 1. The molecule has 0 aromatic heterocycles. The standard InChI is InChI=1S/C19H26N2O4/c1-13(2)12-16(19(24)25-4)21-18(23)11-10-17(22)20-14(3)15-8-6-5-7-9-15/h5-9,14,16H,1,10-12H2,2-4H3,(H,20,22)(H,21,23)/t14-,16+/m1/s1. The van der Waals surface area contributed by atoms with Crippen LogP contribution >= 0.6 is 0 Å². The molecule has 2 atom stereocenters. The predicted molar refractivity (Wildman–Crippen MR) is 95.6 cm³/mol. The Labute approximate surface area is 148 Å². The molecule has 25 heavy (non-hydrogen) atoms. The van der Waals surface area contributed by atoms with E-state index in [4.69, 9.17) is 0 Å². The van der Waals surface area contributed by atoms with Crippen LogP contribution in [0.1, 0.15) is 44.7 Å². The lowest BCUT2D eigenvalue weighted by Gasteiger charge is -2.17. The first kappa shape index (κ1) is 20.4. The second kappa shape index (κ2) is 10.3. The molecule has 2 N–H and O–H groups in total. The number of carbonyl (C=O) groups excluding carboxylic acids is 3. The summed E-state index contributed by atoms with van der Waals surface area (Å²) in [6, 6.07) is 8.65. The summed E-state index contributed by atoms with van der Waals surface area (Å²) < 4.78 is 4.67. The van der Waals surface area contributed by atoms with Gasteiger partial charge in [0.25, 0.3) is 0 Å². The number of esters is 1. The Kier molecular flexibility index (Phi) is 8.39. The lowest BCUT2D eigenvalue weighted by molar-refractivity contribution is -0.145. The average Bonchev–Trinajstić information content (AvgIpc) is 2.59. The molecule has 6 heteroatoms. The third-order valence-electron chi connectivity index (χ3n) is 3.63. The number of rotatable bonds is 9. The fraction of sp³-hybridized carbons (Fsp3) is 0.421. The summed E-state index contributed by atoms with van der Waals surface area (Å²) in [4.78, 5) is 35.6. The maximum absolute atomic E-state index is 12.0. The summed E-state index contributed by atoms with van der Waals surface area (Å²) in [5, 5.41) is 5.43. The van der Waals surface area contributed by atoms with Crippen molar-refractivity contribution in [3.8, 4) is 0 Å². The van der Waals surface area contributed by atoms with Crippen molar-refractivity contribution < 1.29 is 19.1 Å². The van der Waals surface area contributed by atoms with Crippen LogP contribution < -0.4 is 10.6 Å². The SMILES string of the molecule is C=C(C)C[C@H](NC(=O)CCC(=O)N[C@H](C)c1ccccc1)C(=O)OC. The van der Waals surface area contributed by atoms with Gasteiger partial charge in [0.05, 0.1) is 13.2 Å². The van der Waals surface area contributed by atoms with Gasteiger partial charge in [-0.05, 0) is 25.8 Å². The maximum atomic E-state index is 12.0. The highest BCUT2D eigenvalue weighted by molar-refractivity contribution is 5.87. The molecule has 1 aromatic carbocycles. The minimum absolute atomic E-state index is 0.00295. The predicted octanol–water partition coefficient (Wildman–Crippen LogP) is 2.27. The highest BCUT2D eigenvalue weighted by atomic mass is 16.5. The molecule has 0 aliphatic rings. The molecule has 0 saturated carbocycles. The number of ether oxygens (including phenoxy) is 1. The van der Waals surface area contributed by atoms with E-state index < -0.39 is 12.0 Å². The zero-order valence-electron chi connectivity index (χ0n) is 15.0. The van der Waals surface area contributed by atoms with Gasteiger partial charge in [-0.2, -0.15) is 0 Å². The molecule has 0 unspecified atom stereocenters. The number of hydrogen-bond acceptors (Lipinski definition) is 4. The zero-order chi connectivity index (χ0) is 18.8. The zero-order valence-corrected chi connectivity index (χ0v) is 15.0. The lowest BCUT2D eigenvalue weighted by atomic mass is 10.1. The van der Waals surface area contributed by atoms with Crippen molar-refractivity contribution in [1.29, 1.82) is 0 Å². The minimum Gasteiger partial charge on any atom is -0.467 e. The van der Waals surface area contributed by atoms with Crippen LogP contribution in [0.25, 0.3) is 0 Å². The van der Waals surface area contributed by atoms with Crippen molar-refractivity contribution in [2.24, 2.45) is 0 Å². The molecule has 0 heterocycles. The second-order valence-corrected chi connectivity index (χ2v) is 6.00. The van der Waals surface area contributed by atoms with Crippen LogP contribution in [0.5, 0.6) is 0 Å². The van der Waals surface area contributed by atoms with E-state index in [-0.39, 0.29) is 30.7 Å². The van der Waals surface area contributed by atoms with E-state index >= 15 is 0 Å². The fourth-order valence-electron chi connectivity index (χ4n) is 2.32. The molecule has 0 fully saturated rings. The van der Waals surface area contributed by atoms with Crippen molar-refractivity contribution in [2.75, 3.05) is 7.11 Å². The van der Waals surface area contributed by atoms with Crippen molar-refractivity contribution in [3.05, 3.63) is 48.0 Å². The quantitative estimate of drug-likeness (QED) is 0.531. The monoisotopic (exact) mass is 346 g/mol. The molecule has 0 bridgehead atoms. The molecule has 0 saturated heterocycles. The average molecular weight is 346 g/mol. The number of hydrogen-bond donors (Lipinski definition) is 2. The number of carbonyl (C=O) groups is 3. The van der Waals surface area contributed by atoms with E-state index in [9.17, 15) is 14.4 Å².